The molecule has 6 nitrogen and oxygen atoms in total. The van der Waals surface area contributed by atoms with Gasteiger partial charge in [-0.05, 0) is 50.1 Å². The lowest BCUT2D eigenvalue weighted by molar-refractivity contribution is -0.133. The molecule has 0 N–H and O–H groups in total. The number of amides is 1. The number of carbonyl (C=O) groups is 2. The van der Waals surface area contributed by atoms with Crippen molar-refractivity contribution >= 4 is 22.8 Å². The lowest BCUT2D eigenvalue weighted by atomic mass is 10.1. The van der Waals surface area contributed by atoms with Gasteiger partial charge in [-0.3, -0.25) is 4.79 Å². The smallest absolute Gasteiger partial charge is 0.375 e. The second-order valence-corrected chi connectivity index (χ2v) is 7.17. The highest BCUT2D eigenvalue weighted by Crippen LogP contribution is 2.29. The highest BCUT2D eigenvalue weighted by Gasteiger charge is 2.21. The zero-order chi connectivity index (χ0) is 21.1. The molecular weight excluding hydrogens is 370 g/mol. The standard InChI is InChI=1S/C23H25NO5/c1-14-6-7-17(15(2)10-14)12-24(4)21(25)13-28-23(26)22-16(3)19-11-18(27-5)8-9-20(19)29-22/h6-11H,12-13H2,1-5H3. The van der Waals surface area contributed by atoms with Crippen molar-refractivity contribution in [3.8, 4) is 5.75 Å². The third-order valence-electron chi connectivity index (χ3n) is 4.99. The molecule has 1 amide bonds. The highest BCUT2D eigenvalue weighted by molar-refractivity contribution is 5.97. The Balaban J connectivity index is 1.64. The number of hydrogen-bond acceptors (Lipinski definition) is 5. The molecule has 0 aliphatic heterocycles. The summed E-state index contributed by atoms with van der Waals surface area (Å²) >= 11 is 0. The summed E-state index contributed by atoms with van der Waals surface area (Å²) in [6.07, 6.45) is 0. The van der Waals surface area contributed by atoms with Crippen LogP contribution in [0.5, 0.6) is 5.75 Å². The van der Waals surface area contributed by atoms with Crippen molar-refractivity contribution in [1.29, 1.82) is 0 Å². The number of likely N-dealkylation sites (N-methyl/N-ethyl adjacent to an activating group) is 1. The first kappa shape index (κ1) is 20.5. The van der Waals surface area contributed by atoms with Gasteiger partial charge < -0.3 is 18.8 Å². The minimum absolute atomic E-state index is 0.0954. The van der Waals surface area contributed by atoms with Crippen LogP contribution in [-0.4, -0.2) is 37.5 Å². The number of rotatable bonds is 6. The summed E-state index contributed by atoms with van der Waals surface area (Å²) in [5.41, 5.74) is 4.57. The van der Waals surface area contributed by atoms with Crippen molar-refractivity contribution < 1.29 is 23.5 Å². The Morgan fingerprint density at radius 3 is 2.52 bits per heavy atom. The van der Waals surface area contributed by atoms with Crippen molar-refractivity contribution in [2.24, 2.45) is 0 Å². The van der Waals surface area contributed by atoms with Gasteiger partial charge in [0.2, 0.25) is 5.76 Å². The van der Waals surface area contributed by atoms with Crippen LogP contribution in [0.1, 0.15) is 32.8 Å². The van der Waals surface area contributed by atoms with Crippen LogP contribution in [0, 0.1) is 20.8 Å². The number of fused-ring (bicyclic) bond motifs is 1. The molecule has 29 heavy (non-hydrogen) atoms. The Hall–Kier alpha value is -3.28. The van der Waals surface area contributed by atoms with E-state index in [-0.39, 0.29) is 18.3 Å². The average molecular weight is 395 g/mol. The van der Waals surface area contributed by atoms with E-state index in [1.54, 1.807) is 44.2 Å². The van der Waals surface area contributed by atoms with Gasteiger partial charge in [-0.2, -0.15) is 0 Å². The van der Waals surface area contributed by atoms with E-state index in [0.717, 1.165) is 16.5 Å². The van der Waals surface area contributed by atoms with Crippen LogP contribution in [0.25, 0.3) is 11.0 Å². The van der Waals surface area contributed by atoms with Crippen LogP contribution in [0.15, 0.2) is 40.8 Å². The van der Waals surface area contributed by atoms with Crippen LogP contribution in [0.3, 0.4) is 0 Å². The number of benzene rings is 2. The topological polar surface area (TPSA) is 69.0 Å². The highest BCUT2D eigenvalue weighted by atomic mass is 16.5. The Morgan fingerprint density at radius 2 is 1.83 bits per heavy atom. The van der Waals surface area contributed by atoms with Gasteiger partial charge in [0.25, 0.3) is 5.91 Å². The maximum absolute atomic E-state index is 12.4. The zero-order valence-electron chi connectivity index (χ0n) is 17.4. The zero-order valence-corrected chi connectivity index (χ0v) is 17.4. The van der Waals surface area contributed by atoms with Gasteiger partial charge in [-0.25, -0.2) is 4.79 Å². The number of furan rings is 1. The van der Waals surface area contributed by atoms with Gasteiger partial charge in [-0.15, -0.1) is 0 Å². The number of nitrogens with zero attached hydrogens (tertiary/aromatic N) is 1. The maximum atomic E-state index is 12.4. The molecule has 3 aromatic rings. The summed E-state index contributed by atoms with van der Waals surface area (Å²) in [6.45, 7) is 5.92. The molecule has 152 valence electrons. The van der Waals surface area contributed by atoms with Gasteiger partial charge in [0.15, 0.2) is 6.61 Å². The molecule has 0 atom stereocenters. The van der Waals surface area contributed by atoms with E-state index in [2.05, 4.69) is 6.07 Å². The molecule has 0 aliphatic rings. The quantitative estimate of drug-likeness (QED) is 0.586. The van der Waals surface area contributed by atoms with E-state index in [9.17, 15) is 9.59 Å². The van der Waals surface area contributed by atoms with Crippen molar-refractivity contribution in [2.45, 2.75) is 27.3 Å². The Morgan fingerprint density at radius 1 is 1.07 bits per heavy atom. The first-order valence-electron chi connectivity index (χ1n) is 9.34. The molecular formula is C23H25NO5. The van der Waals surface area contributed by atoms with E-state index in [1.165, 1.54) is 5.56 Å². The third kappa shape index (κ3) is 4.42. The van der Waals surface area contributed by atoms with E-state index < -0.39 is 5.97 Å². The van der Waals surface area contributed by atoms with Gasteiger partial charge in [0.1, 0.15) is 11.3 Å². The van der Waals surface area contributed by atoms with Crippen LogP contribution >= 0.6 is 0 Å². The Kier molecular flexibility index (Phi) is 5.92. The van der Waals surface area contributed by atoms with Crippen molar-refractivity contribution in [2.75, 3.05) is 20.8 Å². The van der Waals surface area contributed by atoms with Crippen LogP contribution < -0.4 is 4.74 Å². The summed E-state index contributed by atoms with van der Waals surface area (Å²) in [7, 11) is 3.26. The molecule has 0 radical (unpaired) electrons. The second-order valence-electron chi connectivity index (χ2n) is 7.17. The summed E-state index contributed by atoms with van der Waals surface area (Å²) in [4.78, 5) is 26.4. The molecule has 0 saturated heterocycles. The fraction of sp³-hybridized carbons (Fsp3) is 0.304. The van der Waals surface area contributed by atoms with E-state index in [4.69, 9.17) is 13.9 Å². The summed E-state index contributed by atoms with van der Waals surface area (Å²) in [5.74, 6) is -0.178. The molecule has 3 rings (SSSR count). The molecule has 0 fully saturated rings. The molecule has 0 unspecified atom stereocenters. The van der Waals surface area contributed by atoms with Crippen LogP contribution in [0.4, 0.5) is 0 Å². The monoisotopic (exact) mass is 395 g/mol. The second kappa shape index (κ2) is 8.39. The number of carbonyl (C=O) groups excluding carboxylic acids is 2. The molecule has 0 aliphatic carbocycles. The van der Waals surface area contributed by atoms with Crippen molar-refractivity contribution in [3.05, 3.63) is 64.4 Å². The molecule has 1 aromatic heterocycles. The molecule has 0 saturated carbocycles. The van der Waals surface area contributed by atoms with E-state index in [0.29, 0.717) is 23.4 Å². The van der Waals surface area contributed by atoms with Gasteiger partial charge in [0.05, 0.1) is 7.11 Å². The first-order valence-corrected chi connectivity index (χ1v) is 9.34. The van der Waals surface area contributed by atoms with Crippen LogP contribution in [-0.2, 0) is 16.1 Å². The molecule has 2 aromatic carbocycles. The number of aryl methyl sites for hydroxylation is 3. The van der Waals surface area contributed by atoms with Crippen molar-refractivity contribution in [3.63, 3.8) is 0 Å². The third-order valence-corrected chi connectivity index (χ3v) is 4.99. The number of ether oxygens (including phenoxy) is 2. The predicted molar refractivity (Wildman–Crippen MR) is 110 cm³/mol. The Bertz CT molecular complexity index is 1070. The maximum Gasteiger partial charge on any atom is 0.375 e. The lowest BCUT2D eigenvalue weighted by Crippen LogP contribution is -2.31. The fourth-order valence-corrected chi connectivity index (χ4v) is 3.19. The first-order chi connectivity index (χ1) is 13.8. The predicted octanol–water partition coefficient (Wildman–Crippen LogP) is 4.18. The van der Waals surface area contributed by atoms with Crippen molar-refractivity contribution in [1.82, 2.24) is 4.90 Å². The number of hydrogen-bond donors (Lipinski definition) is 0. The summed E-state index contributed by atoms with van der Waals surface area (Å²) < 4.78 is 16.0. The number of methoxy groups -OCH3 is 1. The van der Waals surface area contributed by atoms with Gasteiger partial charge in [0, 0.05) is 24.5 Å². The average Bonchev–Trinajstić information content (AvgIpc) is 3.03. The normalized spacial score (nSPS) is 10.8. The SMILES string of the molecule is COc1ccc2oc(C(=O)OCC(=O)N(C)Cc3ccc(C)cc3C)c(C)c2c1. The number of esters is 1. The van der Waals surface area contributed by atoms with E-state index >= 15 is 0 Å². The molecule has 6 heteroatoms. The fourth-order valence-electron chi connectivity index (χ4n) is 3.19. The minimum Gasteiger partial charge on any atom is -0.497 e. The Labute approximate surface area is 170 Å². The molecule has 0 spiro atoms. The summed E-state index contributed by atoms with van der Waals surface area (Å²) in [5, 5.41) is 0.773. The largest absolute Gasteiger partial charge is 0.497 e. The lowest BCUT2D eigenvalue weighted by Gasteiger charge is -2.18. The van der Waals surface area contributed by atoms with Gasteiger partial charge >= 0.3 is 5.97 Å². The molecule has 1 heterocycles. The van der Waals surface area contributed by atoms with Crippen LogP contribution in [0.2, 0.25) is 0 Å². The van der Waals surface area contributed by atoms with E-state index in [1.807, 2.05) is 26.0 Å². The minimum atomic E-state index is -0.661. The summed E-state index contributed by atoms with van der Waals surface area (Å²) in [6, 6.07) is 11.4. The van der Waals surface area contributed by atoms with Gasteiger partial charge in [-0.1, -0.05) is 23.8 Å². The molecule has 0 bridgehead atoms.